The fourth-order valence-corrected chi connectivity index (χ4v) is 4.60. The summed E-state index contributed by atoms with van der Waals surface area (Å²) in [4.78, 5) is 26.5. The summed E-state index contributed by atoms with van der Waals surface area (Å²) in [7, 11) is 0. The fraction of sp³-hybridized carbons (Fsp3) is 0.179. The largest absolute Gasteiger partial charge is 0.339 e. The first-order valence-electron chi connectivity index (χ1n) is 11.3. The minimum Gasteiger partial charge on any atom is -0.339 e. The predicted octanol–water partition coefficient (Wildman–Crippen LogP) is 4.68. The zero-order valence-electron chi connectivity index (χ0n) is 19.4. The number of nitrogens with zero attached hydrogens (tertiary/aromatic N) is 2. The third kappa shape index (κ3) is 3.88. The lowest BCUT2D eigenvalue weighted by molar-refractivity contribution is -0.118. The molecule has 1 aliphatic rings. The van der Waals surface area contributed by atoms with E-state index in [9.17, 15) is 9.59 Å². The smallest absolute Gasteiger partial charge is 0.251 e. The Kier molecular flexibility index (Phi) is 5.49. The van der Waals surface area contributed by atoms with Crippen LogP contribution in [0, 0.1) is 20.8 Å². The van der Waals surface area contributed by atoms with E-state index in [0.29, 0.717) is 11.4 Å². The highest BCUT2D eigenvalue weighted by Gasteiger charge is 2.41. The number of anilines is 1. The lowest BCUT2D eigenvalue weighted by Crippen LogP contribution is -2.50. The quantitative estimate of drug-likeness (QED) is 0.474. The van der Waals surface area contributed by atoms with Gasteiger partial charge in [-0.05, 0) is 50.6 Å². The van der Waals surface area contributed by atoms with Crippen molar-refractivity contribution in [2.75, 3.05) is 5.32 Å². The van der Waals surface area contributed by atoms with Crippen LogP contribution in [0.2, 0.25) is 0 Å². The molecule has 6 heteroatoms. The van der Waals surface area contributed by atoms with Crippen LogP contribution < -0.4 is 10.6 Å². The molecule has 2 amide bonds. The first-order valence-corrected chi connectivity index (χ1v) is 11.3. The van der Waals surface area contributed by atoms with E-state index in [1.165, 1.54) is 0 Å². The number of fused-ring (bicyclic) bond motifs is 1. The van der Waals surface area contributed by atoms with Crippen molar-refractivity contribution in [3.05, 3.63) is 112 Å². The molecule has 1 aromatic heterocycles. The van der Waals surface area contributed by atoms with Gasteiger partial charge in [-0.25, -0.2) is 4.68 Å². The van der Waals surface area contributed by atoms with Crippen LogP contribution in [0.25, 0.3) is 5.69 Å². The second-order valence-corrected chi connectivity index (χ2v) is 8.79. The highest BCUT2D eigenvalue weighted by Crippen LogP contribution is 2.40. The Balaban J connectivity index is 1.63. The summed E-state index contributed by atoms with van der Waals surface area (Å²) >= 11 is 0. The Morgan fingerprint density at radius 3 is 2.35 bits per heavy atom. The Bertz CT molecular complexity index is 1370. The van der Waals surface area contributed by atoms with E-state index in [1.54, 1.807) is 16.8 Å². The predicted molar refractivity (Wildman–Crippen MR) is 132 cm³/mol. The molecule has 1 aliphatic heterocycles. The Morgan fingerprint density at radius 2 is 1.65 bits per heavy atom. The van der Waals surface area contributed by atoms with Gasteiger partial charge < -0.3 is 10.6 Å². The molecule has 0 saturated carbocycles. The summed E-state index contributed by atoms with van der Waals surface area (Å²) in [5.74, 6) is -0.291. The molecule has 4 aromatic rings. The number of benzene rings is 3. The molecule has 3 aromatic carbocycles. The van der Waals surface area contributed by atoms with Gasteiger partial charge in [-0.15, -0.1) is 0 Å². The van der Waals surface area contributed by atoms with Crippen molar-refractivity contribution in [3.8, 4) is 5.69 Å². The van der Waals surface area contributed by atoms with Gasteiger partial charge in [0.15, 0.2) is 0 Å². The van der Waals surface area contributed by atoms with Crippen LogP contribution in [0.15, 0.2) is 78.9 Å². The fourth-order valence-electron chi connectivity index (χ4n) is 4.60. The number of rotatable bonds is 4. The first kappa shape index (κ1) is 21.6. The summed E-state index contributed by atoms with van der Waals surface area (Å²) in [5, 5.41) is 10.8. The minimum absolute atomic E-state index is 0.267. The standard InChI is InChI=1S/C28H26N4O2/c1-17-12-14-22(15-13-17)32-26-23(19(3)31-32)24(21-11-7-8-18(2)16-21)25(28(34)30-26)29-27(33)20-9-5-4-6-10-20/h4-16,24-25H,1-3H3,(H,29,33)(H,30,34)/t24-,25-/m0/s1. The van der Waals surface area contributed by atoms with Gasteiger partial charge in [-0.1, -0.05) is 65.7 Å². The van der Waals surface area contributed by atoms with Crippen LogP contribution in [0.5, 0.6) is 0 Å². The molecule has 5 rings (SSSR count). The number of hydrogen-bond donors (Lipinski definition) is 2. The lowest BCUT2D eigenvalue weighted by Gasteiger charge is -2.33. The molecule has 0 unspecified atom stereocenters. The number of hydrogen-bond acceptors (Lipinski definition) is 3. The van der Waals surface area contributed by atoms with Gasteiger partial charge in [0.25, 0.3) is 5.91 Å². The van der Waals surface area contributed by atoms with E-state index >= 15 is 0 Å². The number of aryl methyl sites for hydroxylation is 3. The molecule has 2 heterocycles. The van der Waals surface area contributed by atoms with E-state index < -0.39 is 6.04 Å². The summed E-state index contributed by atoms with van der Waals surface area (Å²) in [5.41, 5.74) is 6.28. The maximum atomic E-state index is 13.5. The minimum atomic E-state index is -0.781. The highest BCUT2D eigenvalue weighted by atomic mass is 16.2. The van der Waals surface area contributed by atoms with Gasteiger partial charge in [-0.2, -0.15) is 5.10 Å². The van der Waals surface area contributed by atoms with E-state index in [1.807, 2.05) is 81.4 Å². The second kappa shape index (κ2) is 8.63. The number of amides is 2. The molecule has 2 atom stereocenters. The first-order chi connectivity index (χ1) is 16.4. The molecule has 0 spiro atoms. The number of carbonyl (C=O) groups excluding carboxylic acids is 2. The summed E-state index contributed by atoms with van der Waals surface area (Å²) in [6, 6.07) is 24.2. The van der Waals surface area contributed by atoms with Crippen LogP contribution in [-0.2, 0) is 4.79 Å². The molecule has 0 fully saturated rings. The molecule has 0 aliphatic carbocycles. The van der Waals surface area contributed by atoms with Crippen LogP contribution >= 0.6 is 0 Å². The average Bonchev–Trinajstić information content (AvgIpc) is 3.16. The zero-order valence-corrected chi connectivity index (χ0v) is 19.4. The second-order valence-electron chi connectivity index (χ2n) is 8.79. The maximum Gasteiger partial charge on any atom is 0.251 e. The van der Waals surface area contributed by atoms with Crippen molar-refractivity contribution in [1.82, 2.24) is 15.1 Å². The van der Waals surface area contributed by atoms with Gasteiger partial charge >= 0.3 is 0 Å². The zero-order chi connectivity index (χ0) is 23.8. The van der Waals surface area contributed by atoms with Crippen molar-refractivity contribution >= 4 is 17.6 Å². The molecule has 0 saturated heterocycles. The summed E-state index contributed by atoms with van der Waals surface area (Å²) < 4.78 is 1.78. The molecule has 6 nitrogen and oxygen atoms in total. The molecule has 2 N–H and O–H groups in total. The average molecular weight is 451 g/mol. The van der Waals surface area contributed by atoms with Crippen LogP contribution in [0.3, 0.4) is 0 Å². The maximum absolute atomic E-state index is 13.5. The van der Waals surface area contributed by atoms with Gasteiger partial charge in [0.05, 0.1) is 11.4 Å². The molecular formula is C28H26N4O2. The molecule has 170 valence electrons. The van der Waals surface area contributed by atoms with Crippen LogP contribution in [0.4, 0.5) is 5.82 Å². The highest BCUT2D eigenvalue weighted by molar-refractivity contribution is 6.04. The van der Waals surface area contributed by atoms with Crippen LogP contribution in [0.1, 0.15) is 44.2 Å². The Morgan fingerprint density at radius 1 is 0.912 bits per heavy atom. The van der Waals surface area contributed by atoms with Gasteiger partial charge in [0.1, 0.15) is 11.9 Å². The van der Waals surface area contributed by atoms with Crippen molar-refractivity contribution in [3.63, 3.8) is 0 Å². The van der Waals surface area contributed by atoms with Gasteiger partial charge in [-0.3, -0.25) is 9.59 Å². The monoisotopic (exact) mass is 450 g/mol. The normalized spacial score (nSPS) is 17.1. The number of carbonyl (C=O) groups is 2. The third-order valence-electron chi connectivity index (χ3n) is 6.28. The third-order valence-corrected chi connectivity index (χ3v) is 6.28. The lowest BCUT2D eigenvalue weighted by atomic mass is 9.81. The van der Waals surface area contributed by atoms with Gasteiger partial charge in [0, 0.05) is 17.0 Å². The molecule has 34 heavy (non-hydrogen) atoms. The molecule has 0 bridgehead atoms. The Labute approximate surface area is 198 Å². The number of nitrogens with one attached hydrogen (secondary N) is 2. The topological polar surface area (TPSA) is 76.0 Å². The van der Waals surface area contributed by atoms with E-state index in [0.717, 1.165) is 33.6 Å². The van der Waals surface area contributed by atoms with Crippen molar-refractivity contribution in [1.29, 1.82) is 0 Å². The van der Waals surface area contributed by atoms with Crippen molar-refractivity contribution in [2.45, 2.75) is 32.7 Å². The number of aromatic nitrogens is 2. The van der Waals surface area contributed by atoms with E-state index in [4.69, 9.17) is 5.10 Å². The van der Waals surface area contributed by atoms with Crippen LogP contribution in [-0.4, -0.2) is 27.6 Å². The summed E-state index contributed by atoms with van der Waals surface area (Å²) in [6.07, 6.45) is 0. The SMILES string of the molecule is Cc1ccc(-n2nc(C)c3c2NC(=O)[C@@H](NC(=O)c2ccccc2)[C@H]3c2cccc(C)c2)cc1. The molecular weight excluding hydrogens is 424 g/mol. The Hall–Kier alpha value is -4.19. The van der Waals surface area contributed by atoms with Crippen molar-refractivity contribution < 1.29 is 9.59 Å². The summed E-state index contributed by atoms with van der Waals surface area (Å²) in [6.45, 7) is 6.00. The molecule has 0 radical (unpaired) electrons. The van der Waals surface area contributed by atoms with Crippen molar-refractivity contribution in [2.24, 2.45) is 0 Å². The van der Waals surface area contributed by atoms with Gasteiger partial charge in [0.2, 0.25) is 5.91 Å². The van der Waals surface area contributed by atoms with E-state index in [2.05, 4.69) is 16.7 Å². The van der Waals surface area contributed by atoms with E-state index in [-0.39, 0.29) is 17.7 Å².